The summed E-state index contributed by atoms with van der Waals surface area (Å²) in [5.41, 5.74) is 0. The second kappa shape index (κ2) is 8.63. The maximum atomic E-state index is 10.3. The van der Waals surface area contributed by atoms with Crippen molar-refractivity contribution >= 4 is 11.9 Å². The number of aliphatic hydroxyl groups excluding tert-OH is 1. The molecule has 2 N–H and O–H groups in total. The Balaban J connectivity index is 0.000000293. The molecule has 0 radical (unpaired) electrons. The number of rotatable bonds is 5. The molecule has 6 heteroatoms. The summed E-state index contributed by atoms with van der Waals surface area (Å²) in [5, 5.41) is 10.1. The topological polar surface area (TPSA) is 88.2 Å². The van der Waals surface area contributed by atoms with Gasteiger partial charge in [0, 0.05) is 6.08 Å². The molecule has 90 valence electrons. The van der Waals surface area contributed by atoms with Crippen LogP contribution in [-0.2, 0) is 19.1 Å². The quantitative estimate of drug-likeness (QED) is 0.283. The molecule has 0 aromatic heterocycles. The summed E-state index contributed by atoms with van der Waals surface area (Å²) < 4.78 is 9.42. The predicted octanol–water partition coefficient (Wildman–Crippen LogP) is -0.647. The number of esters is 1. The number of amides is 1. The molecule has 0 aromatic rings. The highest BCUT2D eigenvalue weighted by Gasteiger charge is 2.23. The molecule has 0 saturated carbocycles. The Morgan fingerprint density at radius 2 is 2.12 bits per heavy atom. The second-order valence-corrected chi connectivity index (χ2v) is 2.69. The van der Waals surface area contributed by atoms with Crippen LogP contribution in [0.15, 0.2) is 25.3 Å². The first kappa shape index (κ1) is 14.3. The Morgan fingerprint density at radius 1 is 1.50 bits per heavy atom. The third kappa shape index (κ3) is 8.92. The van der Waals surface area contributed by atoms with Gasteiger partial charge >= 0.3 is 5.97 Å². The molecule has 1 saturated heterocycles. The van der Waals surface area contributed by atoms with Crippen LogP contribution in [-0.4, -0.2) is 43.0 Å². The van der Waals surface area contributed by atoms with Crippen molar-refractivity contribution in [2.75, 3.05) is 19.9 Å². The third-order valence-corrected chi connectivity index (χ3v) is 1.42. The molecule has 1 heterocycles. The molecule has 1 fully saturated rings. The lowest BCUT2D eigenvalue weighted by Crippen LogP contribution is -2.20. The zero-order chi connectivity index (χ0) is 12.4. The summed E-state index contributed by atoms with van der Waals surface area (Å²) in [5.74, 6) is -0.743. The highest BCUT2D eigenvalue weighted by Crippen LogP contribution is 2.08. The number of hydrogen-bond donors (Lipinski definition) is 2. The molecule has 1 rings (SSSR count). The molecule has 1 aliphatic heterocycles. The molecule has 0 aromatic carbocycles. The molecular weight excluding hydrogens is 214 g/mol. The van der Waals surface area contributed by atoms with Crippen molar-refractivity contribution < 1.29 is 24.2 Å². The Labute approximate surface area is 93.5 Å². The minimum absolute atomic E-state index is 0.147. The lowest BCUT2D eigenvalue weighted by Gasteiger charge is -1.94. The van der Waals surface area contributed by atoms with E-state index in [4.69, 9.17) is 9.84 Å². The normalized spacial score (nSPS) is 16.2. The average molecular weight is 229 g/mol. The Morgan fingerprint density at radius 3 is 2.44 bits per heavy atom. The van der Waals surface area contributed by atoms with Crippen molar-refractivity contribution in [3.05, 3.63) is 25.3 Å². The maximum absolute atomic E-state index is 10.3. The van der Waals surface area contributed by atoms with Crippen LogP contribution in [0.1, 0.15) is 0 Å². The number of epoxide rings is 1. The highest BCUT2D eigenvalue weighted by atomic mass is 16.6. The molecular formula is C10H15NO5. The lowest BCUT2D eigenvalue weighted by atomic mass is 10.5. The van der Waals surface area contributed by atoms with Crippen LogP contribution < -0.4 is 5.32 Å². The van der Waals surface area contributed by atoms with Gasteiger partial charge in [0.25, 0.3) is 0 Å². The number of hydrogen-bond acceptors (Lipinski definition) is 5. The number of carbonyl (C=O) groups excluding carboxylic acids is 2. The fraction of sp³-hybridized carbons (Fsp3) is 0.400. The largest absolute Gasteiger partial charge is 0.460 e. The van der Waals surface area contributed by atoms with E-state index in [-0.39, 0.29) is 24.7 Å². The first-order valence-corrected chi connectivity index (χ1v) is 4.56. The van der Waals surface area contributed by atoms with Crippen LogP contribution in [0, 0.1) is 0 Å². The monoisotopic (exact) mass is 229 g/mol. The van der Waals surface area contributed by atoms with Gasteiger partial charge in [0.15, 0.2) is 0 Å². The molecule has 16 heavy (non-hydrogen) atoms. The number of ether oxygens (including phenoxy) is 2. The van der Waals surface area contributed by atoms with E-state index in [9.17, 15) is 9.59 Å². The van der Waals surface area contributed by atoms with Gasteiger partial charge in [-0.25, -0.2) is 4.79 Å². The first-order chi connectivity index (χ1) is 7.63. The molecule has 1 atom stereocenters. The third-order valence-electron chi connectivity index (χ3n) is 1.42. The minimum atomic E-state index is -0.384. The number of aliphatic hydroxyl groups is 1. The Kier molecular flexibility index (Phi) is 7.74. The van der Waals surface area contributed by atoms with Gasteiger partial charge in [-0.05, 0) is 6.08 Å². The van der Waals surface area contributed by atoms with Crippen LogP contribution in [0.2, 0.25) is 0 Å². The minimum Gasteiger partial charge on any atom is -0.460 e. The van der Waals surface area contributed by atoms with Gasteiger partial charge in [0.2, 0.25) is 5.91 Å². The van der Waals surface area contributed by atoms with E-state index in [1.54, 1.807) is 0 Å². The van der Waals surface area contributed by atoms with E-state index in [1.807, 2.05) is 0 Å². The van der Waals surface area contributed by atoms with Crippen LogP contribution in [0.25, 0.3) is 0 Å². The van der Waals surface area contributed by atoms with Gasteiger partial charge < -0.3 is 19.9 Å². The van der Waals surface area contributed by atoms with E-state index in [0.29, 0.717) is 13.2 Å². The van der Waals surface area contributed by atoms with Crippen LogP contribution >= 0.6 is 0 Å². The molecule has 1 amide bonds. The van der Waals surface area contributed by atoms with Crippen molar-refractivity contribution in [2.45, 2.75) is 6.10 Å². The van der Waals surface area contributed by atoms with Gasteiger partial charge in [-0.2, -0.15) is 0 Å². The average Bonchev–Trinajstić information content (AvgIpc) is 3.10. The standard InChI is InChI=1S/C6H8O3.C4H7NO2/c1-2-6(7)9-4-5-3-8-5;1-2-4(7)5-3-6/h2,5H,1,3-4H2;2,6H,1,3H2,(H,5,7). The summed E-state index contributed by atoms with van der Waals surface area (Å²) >= 11 is 0. The summed E-state index contributed by atoms with van der Waals surface area (Å²) in [4.78, 5) is 20.4. The molecule has 0 spiro atoms. The van der Waals surface area contributed by atoms with Gasteiger partial charge in [-0.15, -0.1) is 0 Å². The van der Waals surface area contributed by atoms with Gasteiger partial charge in [-0.1, -0.05) is 13.2 Å². The number of carbonyl (C=O) groups is 2. The van der Waals surface area contributed by atoms with E-state index in [2.05, 4.69) is 23.2 Å². The lowest BCUT2D eigenvalue weighted by molar-refractivity contribution is -0.138. The summed E-state index contributed by atoms with van der Waals surface area (Å²) in [6, 6.07) is 0. The Hall–Kier alpha value is -1.66. The van der Waals surface area contributed by atoms with E-state index < -0.39 is 0 Å². The van der Waals surface area contributed by atoms with Crippen LogP contribution in [0.5, 0.6) is 0 Å². The van der Waals surface area contributed by atoms with Crippen molar-refractivity contribution in [1.82, 2.24) is 5.32 Å². The molecule has 1 aliphatic rings. The van der Waals surface area contributed by atoms with E-state index >= 15 is 0 Å². The zero-order valence-electron chi connectivity index (χ0n) is 8.85. The fourth-order valence-corrected chi connectivity index (χ4v) is 0.548. The summed E-state index contributed by atoms with van der Waals surface area (Å²) in [6.45, 7) is 7.15. The van der Waals surface area contributed by atoms with Crippen LogP contribution in [0.4, 0.5) is 0 Å². The zero-order valence-corrected chi connectivity index (χ0v) is 8.85. The highest BCUT2D eigenvalue weighted by molar-refractivity contribution is 5.86. The fourth-order valence-electron chi connectivity index (χ4n) is 0.548. The number of nitrogens with one attached hydrogen (secondary N) is 1. The van der Waals surface area contributed by atoms with Gasteiger partial charge in [0.1, 0.15) is 19.4 Å². The predicted molar refractivity (Wildman–Crippen MR) is 56.3 cm³/mol. The molecule has 0 aliphatic carbocycles. The molecule has 1 unspecified atom stereocenters. The van der Waals surface area contributed by atoms with Crippen molar-refractivity contribution in [3.8, 4) is 0 Å². The van der Waals surface area contributed by atoms with E-state index in [0.717, 1.165) is 12.2 Å². The van der Waals surface area contributed by atoms with Crippen LogP contribution in [0.3, 0.4) is 0 Å². The summed E-state index contributed by atoms with van der Waals surface area (Å²) in [6.07, 6.45) is 2.38. The van der Waals surface area contributed by atoms with Gasteiger partial charge in [-0.3, -0.25) is 4.79 Å². The van der Waals surface area contributed by atoms with Gasteiger partial charge in [0.05, 0.1) is 6.61 Å². The SMILES string of the molecule is C=CC(=O)NCO.C=CC(=O)OCC1CO1. The summed E-state index contributed by atoms with van der Waals surface area (Å²) in [7, 11) is 0. The maximum Gasteiger partial charge on any atom is 0.330 e. The molecule has 0 bridgehead atoms. The second-order valence-electron chi connectivity index (χ2n) is 2.69. The molecule has 6 nitrogen and oxygen atoms in total. The first-order valence-electron chi connectivity index (χ1n) is 4.56. The van der Waals surface area contributed by atoms with E-state index in [1.165, 1.54) is 0 Å². The Bertz CT molecular complexity index is 260. The van der Waals surface area contributed by atoms with Crippen molar-refractivity contribution in [1.29, 1.82) is 0 Å². The van der Waals surface area contributed by atoms with Crippen molar-refractivity contribution in [3.63, 3.8) is 0 Å². The smallest absolute Gasteiger partial charge is 0.330 e. The van der Waals surface area contributed by atoms with Crippen molar-refractivity contribution in [2.24, 2.45) is 0 Å².